The van der Waals surface area contributed by atoms with Crippen LogP contribution in [-0.4, -0.2) is 28.5 Å². The Morgan fingerprint density at radius 2 is 2.05 bits per heavy atom. The van der Waals surface area contributed by atoms with Crippen molar-refractivity contribution in [3.8, 4) is 0 Å². The van der Waals surface area contributed by atoms with E-state index in [1.807, 2.05) is 24.3 Å². The molecule has 2 aromatic rings. The van der Waals surface area contributed by atoms with Crippen LogP contribution in [0.2, 0.25) is 0 Å². The third-order valence-corrected chi connectivity index (χ3v) is 2.57. The molecule has 0 saturated heterocycles. The maximum atomic E-state index is 11.4. The number of aryl methyl sites for hydroxylation is 1. The summed E-state index contributed by atoms with van der Waals surface area (Å²) < 4.78 is 5.48. The molecule has 0 saturated carbocycles. The van der Waals surface area contributed by atoms with Gasteiger partial charge in [-0.3, -0.25) is 9.59 Å². The van der Waals surface area contributed by atoms with Gasteiger partial charge in [0, 0.05) is 19.4 Å². The third kappa shape index (κ3) is 3.80. The quantitative estimate of drug-likeness (QED) is 0.819. The third-order valence-electron chi connectivity index (χ3n) is 2.57. The number of rotatable bonds is 6. The molecule has 0 aliphatic heterocycles. The summed E-state index contributed by atoms with van der Waals surface area (Å²) >= 11 is 0. The second kappa shape index (κ2) is 5.99. The number of nitrogens with zero attached hydrogens (tertiary/aromatic N) is 1. The van der Waals surface area contributed by atoms with E-state index in [1.54, 1.807) is 0 Å². The lowest BCUT2D eigenvalue weighted by Crippen LogP contribution is -2.26. The molecule has 0 unspecified atom stereocenters. The summed E-state index contributed by atoms with van der Waals surface area (Å²) in [6.45, 7) is 0.141. The molecule has 2 rings (SSSR count). The number of amides is 1. The maximum absolute atomic E-state index is 11.4. The Kier molecular flexibility index (Phi) is 4.12. The van der Waals surface area contributed by atoms with E-state index < -0.39 is 5.97 Å². The van der Waals surface area contributed by atoms with Crippen molar-refractivity contribution in [1.29, 1.82) is 0 Å². The number of fused-ring (bicyclic) bond motifs is 1. The van der Waals surface area contributed by atoms with Gasteiger partial charge >= 0.3 is 5.97 Å². The highest BCUT2D eigenvalue weighted by Gasteiger charge is 2.08. The number of carbonyl (C=O) groups excluding carboxylic acids is 1. The van der Waals surface area contributed by atoms with Crippen molar-refractivity contribution in [3.05, 3.63) is 30.2 Å². The lowest BCUT2D eigenvalue weighted by atomic mass is 10.3. The van der Waals surface area contributed by atoms with Crippen LogP contribution in [0.3, 0.4) is 0 Å². The van der Waals surface area contributed by atoms with E-state index in [4.69, 9.17) is 9.52 Å². The van der Waals surface area contributed by atoms with Crippen molar-refractivity contribution >= 4 is 23.0 Å². The van der Waals surface area contributed by atoms with Crippen LogP contribution in [-0.2, 0) is 16.0 Å². The van der Waals surface area contributed by atoms with Gasteiger partial charge in [0.05, 0.1) is 6.42 Å². The molecule has 0 atom stereocenters. The maximum Gasteiger partial charge on any atom is 0.305 e. The highest BCUT2D eigenvalue weighted by atomic mass is 16.4. The predicted molar refractivity (Wildman–Crippen MR) is 67.6 cm³/mol. The zero-order chi connectivity index (χ0) is 13.7. The van der Waals surface area contributed by atoms with E-state index >= 15 is 0 Å². The van der Waals surface area contributed by atoms with Crippen LogP contribution >= 0.6 is 0 Å². The molecule has 6 nitrogen and oxygen atoms in total. The second-order valence-electron chi connectivity index (χ2n) is 4.07. The van der Waals surface area contributed by atoms with Crippen LogP contribution in [0.4, 0.5) is 0 Å². The minimum absolute atomic E-state index is 0.0748. The van der Waals surface area contributed by atoms with Gasteiger partial charge in [0.2, 0.25) is 5.91 Å². The number of carboxylic acid groups (broad SMARTS) is 1. The summed E-state index contributed by atoms with van der Waals surface area (Å²) in [5.41, 5.74) is 1.47. The van der Waals surface area contributed by atoms with Gasteiger partial charge in [-0.2, -0.15) is 0 Å². The van der Waals surface area contributed by atoms with Crippen molar-refractivity contribution in [1.82, 2.24) is 10.3 Å². The zero-order valence-electron chi connectivity index (χ0n) is 10.3. The number of para-hydroxylation sites is 2. The SMILES string of the molecule is O=C(O)CCNC(=O)CCc1nc2ccccc2o1. The summed E-state index contributed by atoms with van der Waals surface area (Å²) in [6, 6.07) is 7.39. The Hall–Kier alpha value is -2.37. The van der Waals surface area contributed by atoms with Crippen LogP contribution in [0.5, 0.6) is 0 Å². The van der Waals surface area contributed by atoms with Crippen LogP contribution in [0.15, 0.2) is 28.7 Å². The fraction of sp³-hybridized carbons (Fsp3) is 0.308. The monoisotopic (exact) mass is 262 g/mol. The highest BCUT2D eigenvalue weighted by Crippen LogP contribution is 2.15. The number of benzene rings is 1. The molecule has 1 aromatic heterocycles. The largest absolute Gasteiger partial charge is 0.481 e. The van der Waals surface area contributed by atoms with E-state index in [-0.39, 0.29) is 25.3 Å². The van der Waals surface area contributed by atoms with E-state index in [2.05, 4.69) is 10.3 Å². The van der Waals surface area contributed by atoms with Gasteiger partial charge < -0.3 is 14.8 Å². The van der Waals surface area contributed by atoms with Gasteiger partial charge in [0.1, 0.15) is 5.52 Å². The number of aromatic nitrogens is 1. The van der Waals surface area contributed by atoms with Gasteiger partial charge in [0.15, 0.2) is 11.5 Å². The Morgan fingerprint density at radius 3 is 2.79 bits per heavy atom. The minimum Gasteiger partial charge on any atom is -0.481 e. The molecule has 1 aromatic carbocycles. The number of nitrogens with one attached hydrogen (secondary N) is 1. The zero-order valence-corrected chi connectivity index (χ0v) is 10.3. The molecule has 0 radical (unpaired) electrons. The van der Waals surface area contributed by atoms with Gasteiger partial charge in [-0.25, -0.2) is 4.98 Å². The Labute approximate surface area is 109 Å². The summed E-state index contributed by atoms with van der Waals surface area (Å²) in [5, 5.41) is 11.0. The number of oxazole rings is 1. The smallest absolute Gasteiger partial charge is 0.305 e. The first kappa shape index (κ1) is 13.1. The standard InChI is InChI=1S/C13H14N2O4/c16-11(14-8-7-13(17)18)5-6-12-15-9-3-1-2-4-10(9)19-12/h1-4H,5-8H2,(H,14,16)(H,17,18). The fourth-order valence-electron chi connectivity index (χ4n) is 1.64. The van der Waals surface area contributed by atoms with Gasteiger partial charge in [-0.05, 0) is 12.1 Å². The predicted octanol–water partition coefficient (Wildman–Crippen LogP) is 1.35. The van der Waals surface area contributed by atoms with Crippen LogP contribution in [0.25, 0.3) is 11.1 Å². The van der Waals surface area contributed by atoms with Crippen LogP contribution in [0, 0.1) is 0 Å². The van der Waals surface area contributed by atoms with Crippen molar-refractivity contribution in [2.45, 2.75) is 19.3 Å². The molecule has 100 valence electrons. The molecule has 19 heavy (non-hydrogen) atoms. The Morgan fingerprint density at radius 1 is 1.26 bits per heavy atom. The number of carboxylic acids is 1. The van der Waals surface area contributed by atoms with Crippen molar-refractivity contribution in [3.63, 3.8) is 0 Å². The van der Waals surface area contributed by atoms with E-state index in [1.165, 1.54) is 0 Å². The number of hydrogen-bond acceptors (Lipinski definition) is 4. The highest BCUT2D eigenvalue weighted by molar-refractivity contribution is 5.77. The van der Waals surface area contributed by atoms with Crippen LogP contribution in [0.1, 0.15) is 18.7 Å². The van der Waals surface area contributed by atoms with E-state index in [0.29, 0.717) is 17.9 Å². The first-order valence-electron chi connectivity index (χ1n) is 5.98. The molecule has 1 amide bonds. The summed E-state index contributed by atoms with van der Waals surface area (Å²) in [6.07, 6.45) is 0.550. The lowest BCUT2D eigenvalue weighted by molar-refractivity contribution is -0.136. The van der Waals surface area contributed by atoms with Crippen molar-refractivity contribution in [2.24, 2.45) is 0 Å². The van der Waals surface area contributed by atoms with E-state index in [9.17, 15) is 9.59 Å². The average Bonchev–Trinajstić information content (AvgIpc) is 2.78. The normalized spacial score (nSPS) is 10.5. The second-order valence-corrected chi connectivity index (χ2v) is 4.07. The molecule has 0 bridgehead atoms. The van der Waals surface area contributed by atoms with E-state index in [0.717, 1.165) is 5.52 Å². The Bertz CT molecular complexity index is 558. The van der Waals surface area contributed by atoms with Gasteiger partial charge in [-0.1, -0.05) is 12.1 Å². The lowest BCUT2D eigenvalue weighted by Gasteiger charge is -2.01. The summed E-state index contributed by atoms with van der Waals surface area (Å²) in [5.74, 6) is -0.627. The van der Waals surface area contributed by atoms with Gasteiger partial charge in [-0.15, -0.1) is 0 Å². The molecule has 2 N–H and O–H groups in total. The summed E-state index contributed by atoms with van der Waals surface area (Å²) in [4.78, 5) is 26.0. The van der Waals surface area contributed by atoms with Crippen LogP contribution < -0.4 is 5.32 Å². The Balaban J connectivity index is 1.81. The number of aliphatic carboxylic acids is 1. The molecule has 1 heterocycles. The molecular formula is C13H14N2O4. The molecule has 6 heteroatoms. The average molecular weight is 262 g/mol. The first-order valence-corrected chi connectivity index (χ1v) is 5.98. The minimum atomic E-state index is -0.931. The number of hydrogen-bond donors (Lipinski definition) is 2. The molecule has 0 aliphatic rings. The summed E-state index contributed by atoms with van der Waals surface area (Å²) in [7, 11) is 0. The molecule has 0 spiro atoms. The molecule has 0 aliphatic carbocycles. The number of carbonyl (C=O) groups is 2. The van der Waals surface area contributed by atoms with Crippen molar-refractivity contribution in [2.75, 3.05) is 6.54 Å². The molecular weight excluding hydrogens is 248 g/mol. The first-order chi connectivity index (χ1) is 9.15. The molecule has 0 fully saturated rings. The topological polar surface area (TPSA) is 92.4 Å². The van der Waals surface area contributed by atoms with Gasteiger partial charge in [0.25, 0.3) is 0 Å². The fourth-order valence-corrected chi connectivity index (χ4v) is 1.64. The van der Waals surface area contributed by atoms with Crippen molar-refractivity contribution < 1.29 is 19.1 Å².